The second-order valence-corrected chi connectivity index (χ2v) is 5.86. The van der Waals surface area contributed by atoms with Crippen LogP contribution in [0.5, 0.6) is 0 Å². The highest BCUT2D eigenvalue weighted by Crippen LogP contribution is 2.33. The number of rotatable bonds is 4. The van der Waals surface area contributed by atoms with Gasteiger partial charge in [0, 0.05) is 39.3 Å². The van der Waals surface area contributed by atoms with Crippen LogP contribution in [0, 0.1) is 27.2 Å². The number of piperazine rings is 1. The van der Waals surface area contributed by atoms with E-state index in [1.165, 1.54) is 10.7 Å². The maximum atomic E-state index is 11.3. The molecule has 1 aromatic heterocycles. The monoisotopic (exact) mass is 346 g/mol. The number of nitro groups is 2. The van der Waals surface area contributed by atoms with Crippen molar-refractivity contribution in [1.29, 1.82) is 0 Å². The lowest BCUT2D eigenvalue weighted by molar-refractivity contribution is -0.384. The fourth-order valence-corrected chi connectivity index (χ4v) is 3.25. The van der Waals surface area contributed by atoms with Crippen molar-refractivity contribution >= 4 is 22.9 Å². The van der Waals surface area contributed by atoms with Gasteiger partial charge in [0.25, 0.3) is 5.69 Å². The molecule has 0 atom stereocenters. The number of hydrogen-bond donors (Lipinski definition) is 0. The van der Waals surface area contributed by atoms with Gasteiger partial charge in [0.15, 0.2) is 0 Å². The molecule has 0 aliphatic carbocycles. The van der Waals surface area contributed by atoms with E-state index in [-0.39, 0.29) is 11.4 Å². The molecule has 0 unspecified atom stereocenters. The minimum atomic E-state index is -0.411. The molecule has 0 radical (unpaired) electrons. The topological polar surface area (TPSA) is 111 Å². The number of hydrogen-bond acceptors (Lipinski definition) is 7. The van der Waals surface area contributed by atoms with E-state index in [9.17, 15) is 20.2 Å². The van der Waals surface area contributed by atoms with Crippen LogP contribution in [0.1, 0.15) is 5.69 Å². The zero-order chi connectivity index (χ0) is 18.1. The predicted molar refractivity (Wildman–Crippen MR) is 92.1 cm³/mol. The fourth-order valence-electron chi connectivity index (χ4n) is 3.25. The molecule has 3 rings (SSSR count). The summed E-state index contributed by atoms with van der Waals surface area (Å²) in [5, 5.41) is 26.7. The number of nitro benzene ring substituents is 1. The van der Waals surface area contributed by atoms with E-state index < -0.39 is 9.85 Å². The number of aryl methyl sites for hydroxylation is 2. The lowest BCUT2D eigenvalue weighted by Crippen LogP contribution is -2.47. The van der Waals surface area contributed by atoms with Crippen molar-refractivity contribution in [1.82, 2.24) is 9.78 Å². The van der Waals surface area contributed by atoms with Gasteiger partial charge in [-0.25, -0.2) is 4.68 Å². The summed E-state index contributed by atoms with van der Waals surface area (Å²) in [5.74, 6) is 0.477. The van der Waals surface area contributed by atoms with Gasteiger partial charge in [-0.3, -0.25) is 20.2 Å². The van der Waals surface area contributed by atoms with Crippen LogP contribution in [-0.4, -0.2) is 45.8 Å². The molecule has 1 aliphatic rings. The Labute approximate surface area is 143 Å². The SMILES string of the molecule is Cc1nn(C)c(N2CCN(c3ccccc3[N+](=O)[O-])CC2)c1[N+](=O)[O-]. The van der Waals surface area contributed by atoms with Crippen LogP contribution in [0.2, 0.25) is 0 Å². The highest BCUT2D eigenvalue weighted by molar-refractivity contribution is 5.65. The smallest absolute Gasteiger partial charge is 0.333 e. The molecule has 10 nitrogen and oxygen atoms in total. The average molecular weight is 346 g/mol. The van der Waals surface area contributed by atoms with Crippen molar-refractivity contribution in [3.8, 4) is 0 Å². The highest BCUT2D eigenvalue weighted by atomic mass is 16.6. The molecule has 1 aliphatic heterocycles. The van der Waals surface area contributed by atoms with Gasteiger partial charge < -0.3 is 9.80 Å². The molecule has 1 fully saturated rings. The number of nitrogens with zero attached hydrogens (tertiary/aromatic N) is 6. The molecule has 0 bridgehead atoms. The van der Waals surface area contributed by atoms with Crippen LogP contribution < -0.4 is 9.80 Å². The van der Waals surface area contributed by atoms with Crippen LogP contribution in [0.15, 0.2) is 24.3 Å². The summed E-state index contributed by atoms with van der Waals surface area (Å²) >= 11 is 0. The number of benzene rings is 1. The molecule has 0 spiro atoms. The third-order valence-electron chi connectivity index (χ3n) is 4.34. The molecule has 1 saturated heterocycles. The molecule has 0 amide bonds. The zero-order valence-corrected chi connectivity index (χ0v) is 14.0. The van der Waals surface area contributed by atoms with Crippen LogP contribution in [0.25, 0.3) is 0 Å². The van der Waals surface area contributed by atoms with Crippen LogP contribution >= 0.6 is 0 Å². The summed E-state index contributed by atoms with van der Waals surface area (Å²) in [4.78, 5) is 25.6. The summed E-state index contributed by atoms with van der Waals surface area (Å²) in [6.45, 7) is 3.72. The first-order chi connectivity index (χ1) is 11.9. The fraction of sp³-hybridized carbons (Fsp3) is 0.400. The van der Waals surface area contributed by atoms with Gasteiger partial charge >= 0.3 is 5.69 Å². The van der Waals surface area contributed by atoms with E-state index in [2.05, 4.69) is 5.10 Å². The minimum Gasteiger partial charge on any atom is -0.362 e. The molecule has 10 heteroatoms. The molecule has 0 saturated carbocycles. The molecule has 2 aromatic rings. The third kappa shape index (κ3) is 2.97. The highest BCUT2D eigenvalue weighted by Gasteiger charge is 2.31. The lowest BCUT2D eigenvalue weighted by atomic mass is 10.2. The molecular weight excluding hydrogens is 328 g/mol. The third-order valence-corrected chi connectivity index (χ3v) is 4.34. The van der Waals surface area contributed by atoms with Gasteiger partial charge in [0.2, 0.25) is 5.82 Å². The van der Waals surface area contributed by atoms with E-state index in [4.69, 9.17) is 0 Å². The summed E-state index contributed by atoms with van der Waals surface area (Å²) in [6, 6.07) is 6.62. The summed E-state index contributed by atoms with van der Waals surface area (Å²) in [5.41, 5.74) is 1.03. The molecule has 0 N–H and O–H groups in total. The Balaban J connectivity index is 1.82. The Morgan fingerprint density at radius 3 is 2.20 bits per heavy atom. The Bertz CT molecular complexity index is 825. The van der Waals surface area contributed by atoms with Crippen molar-refractivity contribution < 1.29 is 9.85 Å². The Morgan fingerprint density at radius 1 is 1.00 bits per heavy atom. The normalized spacial score (nSPS) is 14.6. The largest absolute Gasteiger partial charge is 0.362 e. The van der Waals surface area contributed by atoms with Gasteiger partial charge in [-0.2, -0.15) is 5.10 Å². The van der Waals surface area contributed by atoms with Gasteiger partial charge in [-0.05, 0) is 13.0 Å². The van der Waals surface area contributed by atoms with Crippen molar-refractivity contribution in [3.63, 3.8) is 0 Å². The summed E-state index contributed by atoms with van der Waals surface area (Å²) in [7, 11) is 1.68. The van der Waals surface area contributed by atoms with Crippen LogP contribution in [-0.2, 0) is 7.05 Å². The second kappa shape index (κ2) is 6.38. The van der Waals surface area contributed by atoms with Crippen molar-refractivity contribution in [2.45, 2.75) is 6.92 Å². The van der Waals surface area contributed by atoms with Crippen LogP contribution in [0.3, 0.4) is 0 Å². The van der Waals surface area contributed by atoms with Gasteiger partial charge in [-0.15, -0.1) is 0 Å². The Morgan fingerprint density at radius 2 is 1.60 bits per heavy atom. The first-order valence-corrected chi connectivity index (χ1v) is 7.81. The van der Waals surface area contributed by atoms with Crippen molar-refractivity contribution in [3.05, 3.63) is 50.2 Å². The Kier molecular flexibility index (Phi) is 4.26. The minimum absolute atomic E-state index is 0.0154. The zero-order valence-electron chi connectivity index (χ0n) is 14.0. The van der Waals surface area contributed by atoms with E-state index in [0.717, 1.165) is 0 Å². The second-order valence-electron chi connectivity index (χ2n) is 5.86. The maximum absolute atomic E-state index is 11.3. The standard InChI is InChI=1S/C15H18N6O4/c1-11-14(21(24)25)15(17(2)16-11)19-9-7-18(8-10-19)12-5-3-4-6-13(12)20(22)23/h3-6H,7-10H2,1-2H3. The number of para-hydroxylation sites is 2. The quantitative estimate of drug-likeness (QED) is 0.614. The molecule has 132 valence electrons. The van der Waals surface area contributed by atoms with Gasteiger partial charge in [0.1, 0.15) is 11.4 Å². The summed E-state index contributed by atoms with van der Waals surface area (Å²) in [6.07, 6.45) is 0. The van der Waals surface area contributed by atoms with Crippen LogP contribution in [0.4, 0.5) is 22.9 Å². The average Bonchev–Trinajstić information content (AvgIpc) is 2.89. The lowest BCUT2D eigenvalue weighted by Gasteiger charge is -2.36. The van der Waals surface area contributed by atoms with Gasteiger partial charge in [0.05, 0.1) is 9.85 Å². The molecule has 2 heterocycles. The van der Waals surface area contributed by atoms with E-state index in [1.54, 1.807) is 32.2 Å². The van der Waals surface area contributed by atoms with Crippen molar-refractivity contribution in [2.75, 3.05) is 36.0 Å². The van der Waals surface area contributed by atoms with E-state index in [1.807, 2.05) is 9.80 Å². The molecule has 25 heavy (non-hydrogen) atoms. The van der Waals surface area contributed by atoms with E-state index >= 15 is 0 Å². The maximum Gasteiger partial charge on any atom is 0.333 e. The van der Waals surface area contributed by atoms with E-state index in [0.29, 0.717) is 43.4 Å². The Hall–Kier alpha value is -3.17. The van der Waals surface area contributed by atoms with Gasteiger partial charge in [-0.1, -0.05) is 12.1 Å². The van der Waals surface area contributed by atoms with Crippen molar-refractivity contribution in [2.24, 2.45) is 7.05 Å². The molecule has 1 aromatic carbocycles. The number of aromatic nitrogens is 2. The first kappa shape index (κ1) is 16.7. The first-order valence-electron chi connectivity index (χ1n) is 7.81. The summed E-state index contributed by atoms with van der Waals surface area (Å²) < 4.78 is 1.52. The predicted octanol–water partition coefficient (Wildman–Crippen LogP) is 1.87. The number of anilines is 2. The molecular formula is C15H18N6O4.